The minimum atomic E-state index is -0.785. The van der Waals surface area contributed by atoms with Gasteiger partial charge >= 0.3 is 0 Å². The van der Waals surface area contributed by atoms with Crippen molar-refractivity contribution >= 4 is 6.34 Å². The topological polar surface area (TPSA) is 35.8 Å². The predicted molar refractivity (Wildman–Crippen MR) is 110 cm³/mol. The normalized spacial score (nSPS) is 16.8. The highest BCUT2D eigenvalue weighted by Gasteiger charge is 2.26. The van der Waals surface area contributed by atoms with Crippen LogP contribution < -0.4 is 0 Å². The molecule has 25 heavy (non-hydrogen) atoms. The Morgan fingerprint density at radius 2 is 1.48 bits per heavy atom. The molecule has 0 aliphatic carbocycles. The van der Waals surface area contributed by atoms with Crippen molar-refractivity contribution in [2.24, 2.45) is 4.99 Å². The lowest BCUT2D eigenvalue weighted by Gasteiger charge is -2.32. The molecule has 1 rings (SSSR count). The second kappa shape index (κ2) is 14.4. The zero-order valence-electron chi connectivity index (χ0n) is 16.9. The third kappa shape index (κ3) is 11.4. The molecular weight excluding hydrogens is 308 g/mol. The highest BCUT2D eigenvalue weighted by Crippen LogP contribution is 2.17. The van der Waals surface area contributed by atoms with Crippen LogP contribution in [0.5, 0.6) is 0 Å². The largest absolute Gasteiger partial charge is 0.371 e. The Kier molecular flexibility index (Phi) is 12.8. The summed E-state index contributed by atoms with van der Waals surface area (Å²) in [7, 11) is 0. The van der Waals surface area contributed by atoms with E-state index >= 15 is 0 Å². The summed E-state index contributed by atoms with van der Waals surface area (Å²) in [5, 5.41) is 10.4. The molecule has 0 saturated heterocycles. The first-order valence-electron chi connectivity index (χ1n) is 10.8. The zero-order chi connectivity index (χ0) is 18.2. The van der Waals surface area contributed by atoms with Gasteiger partial charge < -0.3 is 10.0 Å². The number of unbranched alkanes of at least 4 members (excludes halogenated alkanes) is 12. The van der Waals surface area contributed by atoms with E-state index in [2.05, 4.69) is 24.1 Å². The summed E-state index contributed by atoms with van der Waals surface area (Å²) in [5.74, 6) is 0. The van der Waals surface area contributed by atoms with E-state index in [0.29, 0.717) is 6.42 Å². The zero-order valence-corrected chi connectivity index (χ0v) is 16.9. The summed E-state index contributed by atoms with van der Waals surface area (Å²) in [6.45, 7) is 5.79. The molecule has 0 bridgehead atoms. The van der Waals surface area contributed by atoms with Gasteiger partial charge in [-0.15, -0.1) is 0 Å². The smallest absolute Gasteiger partial charge is 0.139 e. The van der Waals surface area contributed by atoms with Crippen molar-refractivity contribution in [1.29, 1.82) is 0 Å². The minimum absolute atomic E-state index is 0.678. The van der Waals surface area contributed by atoms with Crippen LogP contribution in [0.15, 0.2) is 17.1 Å². The molecule has 1 aliphatic rings. The molecule has 3 nitrogen and oxygen atoms in total. The maximum Gasteiger partial charge on any atom is 0.139 e. The molecule has 1 heterocycles. The minimum Gasteiger partial charge on any atom is -0.371 e. The van der Waals surface area contributed by atoms with E-state index in [1.54, 1.807) is 6.34 Å². The van der Waals surface area contributed by atoms with Gasteiger partial charge in [0, 0.05) is 13.0 Å². The summed E-state index contributed by atoms with van der Waals surface area (Å²) in [4.78, 5) is 6.10. The molecule has 0 aromatic rings. The average molecular weight is 351 g/mol. The highest BCUT2D eigenvalue weighted by molar-refractivity contribution is 5.58. The lowest BCUT2D eigenvalue weighted by molar-refractivity contribution is -0.0421. The van der Waals surface area contributed by atoms with Gasteiger partial charge in [-0.05, 0) is 19.8 Å². The van der Waals surface area contributed by atoms with Crippen LogP contribution in [0.25, 0.3) is 0 Å². The maximum absolute atomic E-state index is 10.4. The molecule has 1 aliphatic heterocycles. The van der Waals surface area contributed by atoms with E-state index in [9.17, 15) is 5.11 Å². The number of rotatable bonds is 16. The van der Waals surface area contributed by atoms with E-state index in [4.69, 9.17) is 0 Å². The van der Waals surface area contributed by atoms with E-state index in [-0.39, 0.29) is 0 Å². The SMILES string of the molecule is CCCCCCCCCCCCCC/C=C/CC(C)(O)N1C=NCC1. The van der Waals surface area contributed by atoms with Crippen molar-refractivity contribution in [1.82, 2.24) is 4.90 Å². The Balaban J connectivity index is 1.84. The monoisotopic (exact) mass is 350 g/mol. The van der Waals surface area contributed by atoms with Crippen molar-refractivity contribution in [2.75, 3.05) is 13.1 Å². The fourth-order valence-electron chi connectivity index (χ4n) is 3.39. The Bertz CT molecular complexity index is 363. The first-order chi connectivity index (χ1) is 12.2. The van der Waals surface area contributed by atoms with E-state index in [0.717, 1.165) is 19.5 Å². The van der Waals surface area contributed by atoms with Gasteiger partial charge in [-0.1, -0.05) is 89.7 Å². The van der Waals surface area contributed by atoms with Gasteiger partial charge in [-0.2, -0.15) is 0 Å². The molecule has 0 amide bonds. The molecule has 0 saturated carbocycles. The van der Waals surface area contributed by atoms with Crippen molar-refractivity contribution in [3.63, 3.8) is 0 Å². The molecule has 1 N–H and O–H groups in total. The van der Waals surface area contributed by atoms with Crippen LogP contribution >= 0.6 is 0 Å². The third-order valence-electron chi connectivity index (χ3n) is 5.21. The fourth-order valence-corrected chi connectivity index (χ4v) is 3.39. The molecule has 0 radical (unpaired) electrons. The van der Waals surface area contributed by atoms with Crippen molar-refractivity contribution in [2.45, 2.75) is 109 Å². The molecule has 146 valence electrons. The lowest BCUT2D eigenvalue weighted by atomic mass is 10.0. The van der Waals surface area contributed by atoms with Gasteiger partial charge in [0.15, 0.2) is 0 Å². The molecule has 3 heteroatoms. The van der Waals surface area contributed by atoms with Crippen molar-refractivity contribution < 1.29 is 5.11 Å². The quantitative estimate of drug-likeness (QED) is 0.270. The third-order valence-corrected chi connectivity index (χ3v) is 5.21. The van der Waals surface area contributed by atoms with Crippen LogP contribution in [-0.4, -0.2) is 35.2 Å². The van der Waals surface area contributed by atoms with Crippen LogP contribution in [0.1, 0.15) is 104 Å². The first-order valence-corrected chi connectivity index (χ1v) is 10.8. The summed E-state index contributed by atoms with van der Waals surface area (Å²) in [6, 6.07) is 0. The average Bonchev–Trinajstić information content (AvgIpc) is 3.14. The summed E-state index contributed by atoms with van der Waals surface area (Å²) in [6.07, 6.45) is 24.7. The Morgan fingerprint density at radius 3 is 2.00 bits per heavy atom. The number of aliphatic imine (C=N–C) groups is 1. The van der Waals surface area contributed by atoms with Gasteiger partial charge in [0.05, 0.1) is 12.9 Å². The van der Waals surface area contributed by atoms with Crippen LogP contribution in [0.3, 0.4) is 0 Å². The van der Waals surface area contributed by atoms with E-state index in [1.807, 2.05) is 11.8 Å². The Hall–Kier alpha value is -0.830. The second-order valence-corrected chi connectivity index (χ2v) is 7.79. The van der Waals surface area contributed by atoms with Gasteiger partial charge in [-0.25, -0.2) is 0 Å². The number of hydrogen-bond acceptors (Lipinski definition) is 3. The van der Waals surface area contributed by atoms with Gasteiger partial charge in [0.2, 0.25) is 0 Å². The summed E-state index contributed by atoms with van der Waals surface area (Å²) >= 11 is 0. The lowest BCUT2D eigenvalue weighted by Crippen LogP contribution is -2.44. The van der Waals surface area contributed by atoms with Crippen LogP contribution in [0, 0.1) is 0 Å². The molecule has 0 aromatic heterocycles. The van der Waals surface area contributed by atoms with E-state index < -0.39 is 5.72 Å². The van der Waals surface area contributed by atoms with Crippen LogP contribution in [0.4, 0.5) is 0 Å². The molecular formula is C22H42N2O. The fraction of sp³-hybridized carbons (Fsp3) is 0.864. The number of hydrogen-bond donors (Lipinski definition) is 1. The maximum atomic E-state index is 10.4. The second-order valence-electron chi connectivity index (χ2n) is 7.79. The molecule has 0 aromatic carbocycles. The molecule has 0 fully saturated rings. The molecule has 0 spiro atoms. The van der Waals surface area contributed by atoms with Crippen molar-refractivity contribution in [3.8, 4) is 0 Å². The van der Waals surface area contributed by atoms with Crippen LogP contribution in [0.2, 0.25) is 0 Å². The van der Waals surface area contributed by atoms with Gasteiger partial charge in [0.1, 0.15) is 5.72 Å². The predicted octanol–water partition coefficient (Wildman–Crippen LogP) is 6.08. The highest BCUT2D eigenvalue weighted by atomic mass is 16.3. The summed E-state index contributed by atoms with van der Waals surface area (Å²) < 4.78 is 0. The standard InChI is InChI=1S/C22H42N2O/c1-3-4-5-6-7-8-9-10-11-12-13-14-15-16-17-18-22(2,25)24-20-19-23-21-24/h16-17,21,25H,3-15,18-20H2,1-2H3/b17-16+. The number of aliphatic hydroxyl groups is 1. The number of nitrogens with zero attached hydrogens (tertiary/aromatic N) is 2. The number of allylic oxidation sites excluding steroid dienone is 1. The molecule has 1 unspecified atom stereocenters. The molecule has 1 atom stereocenters. The van der Waals surface area contributed by atoms with E-state index in [1.165, 1.54) is 77.0 Å². The Labute approximate surface area is 156 Å². The van der Waals surface area contributed by atoms with Gasteiger partial charge in [0.25, 0.3) is 0 Å². The first kappa shape index (κ1) is 22.2. The van der Waals surface area contributed by atoms with Gasteiger partial charge in [-0.3, -0.25) is 4.99 Å². The Morgan fingerprint density at radius 1 is 0.920 bits per heavy atom. The summed E-state index contributed by atoms with van der Waals surface area (Å²) in [5.41, 5.74) is -0.785. The van der Waals surface area contributed by atoms with Crippen molar-refractivity contribution in [3.05, 3.63) is 12.2 Å². The van der Waals surface area contributed by atoms with Crippen LogP contribution in [-0.2, 0) is 0 Å².